The molecule has 0 atom stereocenters. The lowest BCUT2D eigenvalue weighted by atomic mass is 9.79. The molecule has 0 aliphatic carbocycles. The molecule has 0 saturated carbocycles. The predicted molar refractivity (Wildman–Crippen MR) is 92.5 cm³/mol. The maximum atomic E-state index is 12.4. The molecule has 0 bridgehead atoms. The number of ether oxygens (including phenoxy) is 1. The van der Waals surface area contributed by atoms with Crippen LogP contribution in [0.3, 0.4) is 0 Å². The maximum absolute atomic E-state index is 12.4. The van der Waals surface area contributed by atoms with Gasteiger partial charge in [-0.15, -0.1) is 0 Å². The minimum Gasteiger partial charge on any atom is -0.534 e. The van der Waals surface area contributed by atoms with E-state index in [9.17, 15) is 18.0 Å². The van der Waals surface area contributed by atoms with Gasteiger partial charge in [0.1, 0.15) is 21.0 Å². The summed E-state index contributed by atoms with van der Waals surface area (Å²) in [5.74, 6) is -0.663. The van der Waals surface area contributed by atoms with Crippen molar-refractivity contribution in [2.75, 3.05) is 19.1 Å². The highest BCUT2D eigenvalue weighted by Gasteiger charge is 2.43. The number of carbonyl (C=O) groups excluding carboxylic acids is 1. The Morgan fingerprint density at radius 3 is 2.56 bits per heavy atom. The molecule has 1 aromatic rings. The Balaban J connectivity index is 2.48. The Bertz CT molecular complexity index is 872. The van der Waals surface area contributed by atoms with E-state index in [4.69, 9.17) is 9.31 Å². The van der Waals surface area contributed by atoms with Gasteiger partial charge in [0.05, 0.1) is 18.6 Å². The molecule has 0 N–H and O–H groups in total. The summed E-state index contributed by atoms with van der Waals surface area (Å²) in [4.78, 5) is 24.3. The molecule has 1 aliphatic heterocycles. The largest absolute Gasteiger partial charge is 0.564 e. The number of aromatic nitrogens is 1. The minimum atomic E-state index is -3.29. The number of aryl methyl sites for hydroxylation is 1. The summed E-state index contributed by atoms with van der Waals surface area (Å²) >= 11 is 0. The molecule has 2 rings (SSSR count). The lowest BCUT2D eigenvalue weighted by Gasteiger charge is -2.16. The third-order valence-electron chi connectivity index (χ3n) is 3.81. The van der Waals surface area contributed by atoms with Crippen LogP contribution in [0.1, 0.15) is 24.2 Å². The minimum absolute atomic E-state index is 0.105. The standard InChI is InChI=1S/C15H20BNO7S/c1-10-15(2,3)24-16(23-10)11-8-12(14(19)22-4)13(18)17(9-11)6-7-25(5,20)21/h8-9H,1,6-7H2,2-5H3. The normalized spacial score (nSPS) is 16.6. The highest BCUT2D eigenvalue weighted by Crippen LogP contribution is 2.29. The van der Waals surface area contributed by atoms with Crippen LogP contribution in [0.5, 0.6) is 0 Å². The van der Waals surface area contributed by atoms with E-state index in [0.29, 0.717) is 11.2 Å². The molecule has 8 nitrogen and oxygen atoms in total. The van der Waals surface area contributed by atoms with E-state index in [2.05, 4.69) is 11.3 Å². The van der Waals surface area contributed by atoms with Crippen LogP contribution in [-0.4, -0.2) is 50.8 Å². The number of sulfone groups is 1. The highest BCUT2D eigenvalue weighted by molar-refractivity contribution is 7.90. The van der Waals surface area contributed by atoms with E-state index in [-0.39, 0.29) is 17.9 Å². The van der Waals surface area contributed by atoms with Gasteiger partial charge < -0.3 is 18.6 Å². The van der Waals surface area contributed by atoms with Gasteiger partial charge in [-0.2, -0.15) is 0 Å². The average Bonchev–Trinajstić information content (AvgIpc) is 2.78. The van der Waals surface area contributed by atoms with Gasteiger partial charge in [0.25, 0.3) is 5.56 Å². The van der Waals surface area contributed by atoms with Gasteiger partial charge in [-0.3, -0.25) is 4.79 Å². The predicted octanol–water partition coefficient (Wildman–Crippen LogP) is -0.286. The molecule has 2 heterocycles. The number of esters is 1. The van der Waals surface area contributed by atoms with Crippen molar-refractivity contribution in [1.29, 1.82) is 0 Å². The van der Waals surface area contributed by atoms with E-state index in [1.54, 1.807) is 13.8 Å². The van der Waals surface area contributed by atoms with Crippen molar-refractivity contribution in [3.05, 3.63) is 40.5 Å². The fraction of sp³-hybridized carbons (Fsp3) is 0.467. The van der Waals surface area contributed by atoms with Gasteiger partial charge in [0, 0.05) is 24.5 Å². The number of hydrogen-bond acceptors (Lipinski definition) is 7. The summed E-state index contributed by atoms with van der Waals surface area (Å²) in [6.45, 7) is 7.22. The Labute approximate surface area is 146 Å². The monoisotopic (exact) mass is 369 g/mol. The average molecular weight is 369 g/mol. The Morgan fingerprint density at radius 2 is 2.08 bits per heavy atom. The van der Waals surface area contributed by atoms with Crippen molar-refractivity contribution in [3.8, 4) is 0 Å². The first-order valence-corrected chi connectivity index (χ1v) is 9.55. The van der Waals surface area contributed by atoms with Crippen molar-refractivity contribution < 1.29 is 27.3 Å². The number of methoxy groups -OCH3 is 1. The Hall–Kier alpha value is -2.07. The van der Waals surface area contributed by atoms with Crippen LogP contribution in [0, 0.1) is 0 Å². The molecule has 1 saturated heterocycles. The number of rotatable bonds is 5. The van der Waals surface area contributed by atoms with Crippen molar-refractivity contribution >= 4 is 28.4 Å². The van der Waals surface area contributed by atoms with E-state index in [1.807, 2.05) is 0 Å². The van der Waals surface area contributed by atoms with Crippen LogP contribution in [0.2, 0.25) is 0 Å². The number of nitrogens with zero attached hydrogens (tertiary/aromatic N) is 1. The number of pyridine rings is 1. The summed E-state index contributed by atoms with van der Waals surface area (Å²) in [6, 6.07) is 1.32. The third kappa shape index (κ3) is 4.32. The molecular formula is C15H20BNO7S. The first-order chi connectivity index (χ1) is 11.4. The lowest BCUT2D eigenvalue weighted by molar-refractivity contribution is 0.0598. The number of hydrogen-bond donors (Lipinski definition) is 0. The quantitative estimate of drug-likeness (QED) is 0.519. The van der Waals surface area contributed by atoms with Crippen molar-refractivity contribution in [2.24, 2.45) is 0 Å². The molecule has 25 heavy (non-hydrogen) atoms. The molecule has 1 aromatic heterocycles. The molecule has 1 fully saturated rings. The molecule has 0 aromatic carbocycles. The number of carbonyl (C=O) groups is 1. The molecule has 10 heteroatoms. The maximum Gasteiger partial charge on any atom is 0.564 e. The van der Waals surface area contributed by atoms with Gasteiger partial charge in [0.15, 0.2) is 0 Å². The second-order valence-electron chi connectivity index (χ2n) is 6.31. The molecule has 136 valence electrons. The molecule has 1 aliphatic rings. The van der Waals surface area contributed by atoms with Crippen LogP contribution in [-0.2, 0) is 30.4 Å². The van der Waals surface area contributed by atoms with Gasteiger partial charge >= 0.3 is 13.1 Å². The van der Waals surface area contributed by atoms with Gasteiger partial charge in [-0.25, -0.2) is 13.2 Å². The first-order valence-electron chi connectivity index (χ1n) is 7.49. The van der Waals surface area contributed by atoms with Crippen molar-refractivity contribution in [1.82, 2.24) is 4.57 Å². The second-order valence-corrected chi connectivity index (χ2v) is 8.57. The molecule has 0 amide bonds. The summed E-state index contributed by atoms with van der Waals surface area (Å²) < 4.78 is 39.9. The zero-order chi connectivity index (χ0) is 19.0. The topological polar surface area (TPSA) is 101 Å². The fourth-order valence-corrected chi connectivity index (χ4v) is 2.77. The van der Waals surface area contributed by atoms with Crippen LogP contribution < -0.4 is 11.0 Å². The van der Waals surface area contributed by atoms with Gasteiger partial charge in [-0.05, 0) is 19.9 Å². The fourth-order valence-electron chi connectivity index (χ4n) is 2.24. The molecular weight excluding hydrogens is 349 g/mol. The summed E-state index contributed by atoms with van der Waals surface area (Å²) in [5, 5.41) is 0. The van der Waals surface area contributed by atoms with E-state index in [1.165, 1.54) is 12.3 Å². The van der Waals surface area contributed by atoms with Gasteiger partial charge in [-0.1, -0.05) is 6.58 Å². The highest BCUT2D eigenvalue weighted by atomic mass is 32.2. The van der Waals surface area contributed by atoms with Crippen LogP contribution >= 0.6 is 0 Å². The van der Waals surface area contributed by atoms with Crippen LogP contribution in [0.4, 0.5) is 0 Å². The zero-order valence-electron chi connectivity index (χ0n) is 14.6. The van der Waals surface area contributed by atoms with E-state index in [0.717, 1.165) is 17.9 Å². The first kappa shape index (κ1) is 19.3. The molecule has 0 radical (unpaired) electrons. The molecule has 0 unspecified atom stereocenters. The second kappa shape index (κ2) is 6.68. The van der Waals surface area contributed by atoms with Gasteiger partial charge in [0.2, 0.25) is 0 Å². The summed E-state index contributed by atoms with van der Waals surface area (Å²) in [5.41, 5.74) is -1.21. The van der Waals surface area contributed by atoms with E-state index < -0.39 is 34.1 Å². The van der Waals surface area contributed by atoms with Crippen LogP contribution in [0.25, 0.3) is 0 Å². The zero-order valence-corrected chi connectivity index (χ0v) is 15.4. The smallest absolute Gasteiger partial charge is 0.534 e. The Kier molecular flexibility index (Phi) is 5.15. The van der Waals surface area contributed by atoms with Crippen molar-refractivity contribution in [3.63, 3.8) is 0 Å². The SMILES string of the molecule is C=C1OB(c2cc(C(=O)OC)c(=O)n(CCS(C)(=O)=O)c2)OC1(C)C. The summed E-state index contributed by atoms with van der Waals surface area (Å²) in [6.07, 6.45) is 2.48. The van der Waals surface area contributed by atoms with Crippen molar-refractivity contribution in [2.45, 2.75) is 26.0 Å². The lowest BCUT2D eigenvalue weighted by Crippen LogP contribution is -2.40. The Morgan fingerprint density at radius 1 is 1.44 bits per heavy atom. The van der Waals surface area contributed by atoms with Crippen LogP contribution in [0.15, 0.2) is 29.4 Å². The summed E-state index contributed by atoms with van der Waals surface area (Å²) in [7, 11) is -3.00. The van der Waals surface area contributed by atoms with E-state index >= 15 is 0 Å². The third-order valence-corrected chi connectivity index (χ3v) is 4.73. The molecule has 0 spiro atoms.